The third-order valence-corrected chi connectivity index (χ3v) is 4.09. The molecule has 1 aliphatic heterocycles. The lowest BCUT2D eigenvalue weighted by atomic mass is 10.1. The van der Waals surface area contributed by atoms with Crippen LogP contribution in [0.25, 0.3) is 0 Å². The van der Waals surface area contributed by atoms with Crippen LogP contribution in [0.2, 0.25) is 0 Å². The fourth-order valence-electron chi connectivity index (χ4n) is 2.56. The summed E-state index contributed by atoms with van der Waals surface area (Å²) < 4.78 is 39.0. The molecule has 1 fully saturated rings. The van der Waals surface area contributed by atoms with Gasteiger partial charge in [0.1, 0.15) is 0 Å². The van der Waals surface area contributed by atoms with Crippen LogP contribution in [-0.4, -0.2) is 41.3 Å². The number of nitrogens with zero attached hydrogens (tertiary/aromatic N) is 1. The first-order chi connectivity index (χ1) is 10.8. The minimum atomic E-state index is -4.45. The highest BCUT2D eigenvalue weighted by Gasteiger charge is 2.35. The first-order valence-corrected chi connectivity index (χ1v) is 8.42. The Morgan fingerprint density at radius 3 is 2.74 bits per heavy atom. The Hall–Kier alpha value is -1.70. The lowest BCUT2D eigenvalue weighted by molar-refractivity contribution is -0.139. The van der Waals surface area contributed by atoms with Gasteiger partial charge in [-0.2, -0.15) is 24.9 Å². The van der Waals surface area contributed by atoms with Crippen molar-refractivity contribution in [3.05, 3.63) is 35.4 Å². The molecule has 126 valence electrons. The fraction of sp³-hybridized carbons (Fsp3) is 0.467. The monoisotopic (exact) mass is 346 g/mol. The maximum Gasteiger partial charge on any atom is 0.416 e. The van der Waals surface area contributed by atoms with E-state index in [2.05, 4.69) is 5.32 Å². The second kappa shape index (κ2) is 7.25. The number of likely N-dealkylation sites (tertiary alicyclic amines) is 1. The molecule has 23 heavy (non-hydrogen) atoms. The number of benzene rings is 1. The highest BCUT2D eigenvalue weighted by atomic mass is 32.2. The minimum Gasteiger partial charge on any atom is -0.350 e. The molecular formula is C15H17F3N2O2S. The van der Waals surface area contributed by atoms with Gasteiger partial charge >= 0.3 is 6.18 Å². The van der Waals surface area contributed by atoms with E-state index in [1.54, 1.807) is 6.26 Å². The number of carbonyl (C=O) groups is 2. The van der Waals surface area contributed by atoms with Crippen molar-refractivity contribution in [2.45, 2.75) is 25.2 Å². The minimum absolute atomic E-state index is 0.0597. The normalized spacial score (nSPS) is 18.3. The molecule has 0 saturated carbocycles. The number of alkyl halides is 3. The molecular weight excluding hydrogens is 329 g/mol. The van der Waals surface area contributed by atoms with E-state index < -0.39 is 11.7 Å². The number of carbonyl (C=O) groups excluding carboxylic acids is 2. The maximum absolute atomic E-state index is 13.0. The Labute approximate surface area is 136 Å². The highest BCUT2D eigenvalue weighted by molar-refractivity contribution is 7.99. The fourth-order valence-corrected chi connectivity index (χ4v) is 2.91. The van der Waals surface area contributed by atoms with Gasteiger partial charge in [0.05, 0.1) is 17.4 Å². The van der Waals surface area contributed by atoms with Gasteiger partial charge in [-0.25, -0.2) is 0 Å². The summed E-state index contributed by atoms with van der Waals surface area (Å²) in [5.74, 6) is -0.133. The van der Waals surface area contributed by atoms with Gasteiger partial charge in [0.15, 0.2) is 0 Å². The maximum atomic E-state index is 13.0. The van der Waals surface area contributed by atoms with Crippen LogP contribution in [0.4, 0.5) is 13.2 Å². The summed E-state index contributed by atoms with van der Waals surface area (Å²) in [6.45, 7) is 0.120. The molecule has 0 spiro atoms. The van der Waals surface area contributed by atoms with Crippen LogP contribution in [-0.2, 0) is 22.3 Å². The van der Waals surface area contributed by atoms with Gasteiger partial charge in [-0.05, 0) is 17.9 Å². The lowest BCUT2D eigenvalue weighted by Gasteiger charge is -2.20. The summed E-state index contributed by atoms with van der Waals surface area (Å²) in [7, 11) is 0. The van der Waals surface area contributed by atoms with Crippen molar-refractivity contribution in [2.75, 3.05) is 18.6 Å². The molecule has 2 rings (SSSR count). The van der Waals surface area contributed by atoms with Crippen LogP contribution in [0.5, 0.6) is 0 Å². The molecule has 1 heterocycles. The van der Waals surface area contributed by atoms with Crippen LogP contribution in [0.15, 0.2) is 24.3 Å². The summed E-state index contributed by atoms with van der Waals surface area (Å²) in [6.07, 6.45) is -2.54. The average Bonchev–Trinajstić information content (AvgIpc) is 2.78. The summed E-state index contributed by atoms with van der Waals surface area (Å²) in [6, 6.07) is 4.87. The van der Waals surface area contributed by atoms with Crippen molar-refractivity contribution in [2.24, 2.45) is 0 Å². The van der Waals surface area contributed by atoms with Crippen LogP contribution in [0.1, 0.15) is 17.5 Å². The molecule has 1 aromatic rings. The van der Waals surface area contributed by atoms with Crippen LogP contribution < -0.4 is 5.32 Å². The summed E-state index contributed by atoms with van der Waals surface area (Å²) >= 11 is 1.37. The van der Waals surface area contributed by atoms with E-state index >= 15 is 0 Å². The molecule has 0 radical (unpaired) electrons. The average molecular weight is 346 g/mol. The van der Waals surface area contributed by atoms with Gasteiger partial charge < -0.3 is 10.2 Å². The van der Waals surface area contributed by atoms with Crippen molar-refractivity contribution in [1.29, 1.82) is 0 Å². The number of rotatable bonds is 5. The number of nitrogens with one attached hydrogen (secondary N) is 1. The van der Waals surface area contributed by atoms with Crippen LogP contribution >= 0.6 is 11.8 Å². The Bertz CT molecular complexity index is 592. The summed E-state index contributed by atoms with van der Waals surface area (Å²) in [5.41, 5.74) is -0.674. The van der Waals surface area contributed by atoms with Gasteiger partial charge in [0.25, 0.3) is 0 Å². The van der Waals surface area contributed by atoms with Crippen molar-refractivity contribution in [1.82, 2.24) is 10.2 Å². The zero-order valence-corrected chi connectivity index (χ0v) is 13.3. The molecule has 1 aliphatic rings. The van der Waals surface area contributed by atoms with Crippen molar-refractivity contribution in [3.8, 4) is 0 Å². The predicted molar refractivity (Wildman–Crippen MR) is 81.8 cm³/mol. The molecule has 8 heteroatoms. The first kappa shape index (κ1) is 17.7. The molecule has 1 aromatic carbocycles. The van der Waals surface area contributed by atoms with Crippen molar-refractivity contribution < 1.29 is 22.8 Å². The Kier molecular flexibility index (Phi) is 5.56. The first-order valence-electron chi connectivity index (χ1n) is 7.02. The Morgan fingerprint density at radius 2 is 2.09 bits per heavy atom. The van der Waals surface area contributed by atoms with Crippen LogP contribution in [0.3, 0.4) is 0 Å². The van der Waals surface area contributed by atoms with Gasteiger partial charge in [-0.3, -0.25) is 9.59 Å². The summed E-state index contributed by atoms with van der Waals surface area (Å²) in [4.78, 5) is 24.9. The zero-order chi connectivity index (χ0) is 17.0. The highest BCUT2D eigenvalue weighted by Crippen LogP contribution is 2.32. The van der Waals surface area contributed by atoms with E-state index in [0.717, 1.165) is 6.07 Å². The van der Waals surface area contributed by atoms with Gasteiger partial charge in [0, 0.05) is 19.5 Å². The Balaban J connectivity index is 2.04. The second-order valence-corrected chi connectivity index (χ2v) is 6.20. The number of halogens is 3. The van der Waals surface area contributed by atoms with E-state index in [1.165, 1.54) is 34.9 Å². The van der Waals surface area contributed by atoms with Gasteiger partial charge in [-0.15, -0.1) is 0 Å². The standard InChI is InChI=1S/C15H17F3N2O2S/c1-23-9-13(21)19-11-6-14(22)20(8-11)7-10-4-2-3-5-12(10)15(16,17)18/h2-5,11H,6-9H2,1H3,(H,19,21). The number of hydrogen-bond acceptors (Lipinski definition) is 3. The van der Waals surface area contributed by atoms with E-state index in [0.29, 0.717) is 5.75 Å². The molecule has 1 unspecified atom stereocenters. The van der Waals surface area contributed by atoms with E-state index in [4.69, 9.17) is 0 Å². The van der Waals surface area contributed by atoms with E-state index in [1.807, 2.05) is 0 Å². The molecule has 1 saturated heterocycles. The van der Waals surface area contributed by atoms with E-state index in [9.17, 15) is 22.8 Å². The molecule has 0 aliphatic carbocycles. The molecule has 0 aromatic heterocycles. The summed E-state index contributed by atoms with van der Waals surface area (Å²) in [5, 5.41) is 2.73. The van der Waals surface area contributed by atoms with Gasteiger partial charge in [0.2, 0.25) is 11.8 Å². The second-order valence-electron chi connectivity index (χ2n) is 5.33. The van der Waals surface area contributed by atoms with Gasteiger partial charge in [-0.1, -0.05) is 18.2 Å². The predicted octanol–water partition coefficient (Wildman–Crippen LogP) is 2.29. The largest absolute Gasteiger partial charge is 0.416 e. The molecule has 2 amide bonds. The third-order valence-electron chi connectivity index (χ3n) is 3.54. The van der Waals surface area contributed by atoms with Crippen LogP contribution in [0, 0.1) is 0 Å². The molecule has 0 bridgehead atoms. The van der Waals surface area contributed by atoms with Crippen molar-refractivity contribution in [3.63, 3.8) is 0 Å². The van der Waals surface area contributed by atoms with Crippen molar-refractivity contribution >= 4 is 23.6 Å². The number of amides is 2. The number of thioether (sulfide) groups is 1. The quantitative estimate of drug-likeness (QED) is 0.890. The third kappa shape index (κ3) is 4.63. The number of hydrogen-bond donors (Lipinski definition) is 1. The van der Waals surface area contributed by atoms with E-state index in [-0.39, 0.29) is 42.9 Å². The topological polar surface area (TPSA) is 49.4 Å². The zero-order valence-electron chi connectivity index (χ0n) is 12.5. The molecule has 1 atom stereocenters. The Morgan fingerprint density at radius 1 is 1.39 bits per heavy atom. The lowest BCUT2D eigenvalue weighted by Crippen LogP contribution is -2.38. The SMILES string of the molecule is CSCC(=O)NC1CC(=O)N(Cc2ccccc2C(F)(F)F)C1. The molecule has 4 nitrogen and oxygen atoms in total. The molecule has 1 N–H and O–H groups in total. The smallest absolute Gasteiger partial charge is 0.350 e.